The smallest absolute Gasteiger partial charge is 0.0542 e. The Morgan fingerprint density at radius 1 is 0.362 bits per heavy atom. The molecule has 69 heavy (non-hydrogen) atoms. The van der Waals surface area contributed by atoms with E-state index in [-0.39, 0.29) is 21.7 Å². The Bertz CT molecular complexity index is 3890. The van der Waals surface area contributed by atoms with Crippen molar-refractivity contribution >= 4 is 82.1 Å². The predicted molar refractivity (Wildman–Crippen MR) is 299 cm³/mol. The highest BCUT2D eigenvalue weighted by Gasteiger charge is 2.31. The van der Waals surface area contributed by atoms with E-state index in [1.165, 1.54) is 115 Å². The van der Waals surface area contributed by atoms with Crippen molar-refractivity contribution in [1.82, 2.24) is 13.7 Å². The van der Waals surface area contributed by atoms with E-state index in [0.717, 1.165) is 12.1 Å². The molecule has 1 aliphatic carbocycles. The SMILES string of the molecule is CC(C)(C)c1ccc2c(c1)c1c(n2-c2ccc3c(c2)c2cc(-n4c5ccc(C(C)(C)C)cc5c5cc(C(C)(C)C)ccc54)ccc2n3-c2ccc3cc4ccccc4cc3c2)C=CC(C(C)(C)C)C1. The molecule has 344 valence electrons. The molecule has 1 aliphatic rings. The molecule has 0 radical (unpaired) electrons. The Labute approximate surface area is 407 Å². The van der Waals surface area contributed by atoms with Crippen molar-refractivity contribution in [2.45, 2.75) is 106 Å². The van der Waals surface area contributed by atoms with E-state index in [4.69, 9.17) is 0 Å². The van der Waals surface area contributed by atoms with Gasteiger partial charge in [-0.2, -0.15) is 0 Å². The van der Waals surface area contributed by atoms with Gasteiger partial charge in [0.2, 0.25) is 0 Å². The number of benzene rings is 8. The van der Waals surface area contributed by atoms with Crippen LogP contribution in [0.4, 0.5) is 0 Å². The van der Waals surface area contributed by atoms with Gasteiger partial charge in [-0.25, -0.2) is 0 Å². The van der Waals surface area contributed by atoms with Gasteiger partial charge in [-0.1, -0.05) is 138 Å². The number of allylic oxidation sites excluding steroid dienone is 1. The molecule has 3 heteroatoms. The van der Waals surface area contributed by atoms with Crippen LogP contribution in [0.15, 0.2) is 152 Å². The van der Waals surface area contributed by atoms with E-state index < -0.39 is 0 Å². The summed E-state index contributed by atoms with van der Waals surface area (Å²) in [6.45, 7) is 28.0. The lowest BCUT2D eigenvalue weighted by Crippen LogP contribution is -2.22. The maximum absolute atomic E-state index is 2.55. The zero-order chi connectivity index (χ0) is 48.1. The Morgan fingerprint density at radius 3 is 1.25 bits per heavy atom. The van der Waals surface area contributed by atoms with Crippen molar-refractivity contribution in [3.05, 3.63) is 180 Å². The maximum Gasteiger partial charge on any atom is 0.0542 e. The average molecular weight is 900 g/mol. The van der Waals surface area contributed by atoms with Gasteiger partial charge in [-0.05, 0) is 181 Å². The molecule has 12 rings (SSSR count). The van der Waals surface area contributed by atoms with Crippen molar-refractivity contribution in [1.29, 1.82) is 0 Å². The summed E-state index contributed by atoms with van der Waals surface area (Å²) in [5, 5.41) is 11.5. The van der Waals surface area contributed by atoms with E-state index in [0.29, 0.717) is 5.92 Å². The Kier molecular flexibility index (Phi) is 9.34. The number of nitrogens with zero attached hydrogens (tertiary/aromatic N) is 3. The van der Waals surface area contributed by atoms with Gasteiger partial charge in [-0.15, -0.1) is 0 Å². The van der Waals surface area contributed by atoms with Crippen molar-refractivity contribution in [2.24, 2.45) is 11.3 Å². The minimum absolute atomic E-state index is 0.0296. The summed E-state index contributed by atoms with van der Waals surface area (Å²) in [5.74, 6) is 0.460. The van der Waals surface area contributed by atoms with Gasteiger partial charge >= 0.3 is 0 Å². The molecule has 3 nitrogen and oxygen atoms in total. The second kappa shape index (κ2) is 14.8. The highest BCUT2D eigenvalue weighted by Crippen LogP contribution is 2.45. The number of hydrogen-bond acceptors (Lipinski definition) is 0. The van der Waals surface area contributed by atoms with Crippen LogP contribution < -0.4 is 0 Å². The minimum atomic E-state index is 0.0296. The minimum Gasteiger partial charge on any atom is -0.310 e. The van der Waals surface area contributed by atoms with Gasteiger partial charge in [0.1, 0.15) is 0 Å². The molecule has 0 aliphatic heterocycles. The van der Waals surface area contributed by atoms with Crippen LogP contribution in [-0.2, 0) is 22.7 Å². The molecule has 0 N–H and O–H groups in total. The van der Waals surface area contributed by atoms with Gasteiger partial charge < -0.3 is 13.7 Å². The van der Waals surface area contributed by atoms with Crippen molar-refractivity contribution in [3.63, 3.8) is 0 Å². The highest BCUT2D eigenvalue weighted by molar-refractivity contribution is 6.13. The Morgan fingerprint density at radius 2 is 0.754 bits per heavy atom. The molecule has 0 spiro atoms. The van der Waals surface area contributed by atoms with Crippen LogP contribution in [0, 0.1) is 11.3 Å². The van der Waals surface area contributed by atoms with Crippen LogP contribution >= 0.6 is 0 Å². The van der Waals surface area contributed by atoms with Crippen LogP contribution in [0.5, 0.6) is 0 Å². The molecule has 11 aromatic rings. The summed E-state index contributed by atoms with van der Waals surface area (Å²) in [6, 6.07) is 56.3. The second-order valence-corrected chi connectivity index (χ2v) is 24.5. The largest absolute Gasteiger partial charge is 0.310 e. The summed E-state index contributed by atoms with van der Waals surface area (Å²) in [6.07, 6.45) is 5.93. The summed E-state index contributed by atoms with van der Waals surface area (Å²) in [7, 11) is 0. The number of hydrogen-bond donors (Lipinski definition) is 0. The highest BCUT2D eigenvalue weighted by atomic mass is 15.0. The van der Waals surface area contributed by atoms with Crippen LogP contribution in [0.2, 0.25) is 0 Å². The quantitative estimate of drug-likeness (QED) is 0.157. The molecule has 1 atom stereocenters. The first-order valence-electron chi connectivity index (χ1n) is 25.2. The first-order valence-corrected chi connectivity index (χ1v) is 25.2. The molecule has 1 unspecified atom stereocenters. The zero-order valence-corrected chi connectivity index (χ0v) is 42.6. The molecular weight excluding hydrogens is 835 g/mol. The fourth-order valence-corrected chi connectivity index (χ4v) is 11.5. The van der Waals surface area contributed by atoms with Crippen LogP contribution in [-0.4, -0.2) is 13.7 Å². The van der Waals surface area contributed by atoms with Gasteiger partial charge in [0.25, 0.3) is 0 Å². The third kappa shape index (κ3) is 6.98. The monoisotopic (exact) mass is 900 g/mol. The van der Waals surface area contributed by atoms with Crippen molar-refractivity contribution in [3.8, 4) is 17.1 Å². The third-order valence-corrected chi connectivity index (χ3v) is 15.7. The molecule has 0 saturated carbocycles. The predicted octanol–water partition coefficient (Wildman–Crippen LogP) is 18.3. The van der Waals surface area contributed by atoms with Gasteiger partial charge in [0, 0.05) is 49.7 Å². The lowest BCUT2D eigenvalue weighted by molar-refractivity contribution is 0.291. The topological polar surface area (TPSA) is 14.8 Å². The molecule has 0 amide bonds. The fourth-order valence-electron chi connectivity index (χ4n) is 11.5. The number of fused-ring (bicyclic) bond motifs is 11. The Hall–Kier alpha value is -6.84. The zero-order valence-electron chi connectivity index (χ0n) is 42.6. The molecule has 0 bridgehead atoms. The second-order valence-electron chi connectivity index (χ2n) is 24.5. The van der Waals surface area contributed by atoms with Crippen LogP contribution in [0.3, 0.4) is 0 Å². The van der Waals surface area contributed by atoms with E-state index in [1.54, 1.807) is 0 Å². The first kappa shape index (κ1) is 43.4. The summed E-state index contributed by atoms with van der Waals surface area (Å²) < 4.78 is 7.56. The normalized spacial score (nSPS) is 15.0. The van der Waals surface area contributed by atoms with Gasteiger partial charge in [-0.3, -0.25) is 0 Å². The third-order valence-electron chi connectivity index (χ3n) is 15.7. The summed E-state index contributed by atoms with van der Waals surface area (Å²) >= 11 is 0. The molecule has 3 aromatic heterocycles. The average Bonchev–Trinajstić information content (AvgIpc) is 3.93. The molecule has 0 fully saturated rings. The molecule has 8 aromatic carbocycles. The Balaban J connectivity index is 1.13. The van der Waals surface area contributed by atoms with Gasteiger partial charge in [0.05, 0.1) is 27.6 Å². The van der Waals surface area contributed by atoms with Gasteiger partial charge in [0.15, 0.2) is 0 Å². The molecular formula is C66H65N3. The summed E-state index contributed by atoms with van der Waals surface area (Å²) in [4.78, 5) is 0. The van der Waals surface area contributed by atoms with E-state index in [2.05, 4.69) is 255 Å². The maximum atomic E-state index is 2.55. The lowest BCUT2D eigenvalue weighted by Gasteiger charge is -2.31. The summed E-state index contributed by atoms with van der Waals surface area (Å²) in [5.41, 5.74) is 16.7. The van der Waals surface area contributed by atoms with E-state index in [9.17, 15) is 0 Å². The first-order chi connectivity index (χ1) is 32.7. The fraction of sp³-hybridized carbons (Fsp3) is 0.273. The number of aromatic nitrogens is 3. The van der Waals surface area contributed by atoms with Crippen LogP contribution in [0.25, 0.3) is 99.2 Å². The van der Waals surface area contributed by atoms with Crippen LogP contribution in [0.1, 0.15) is 111 Å². The van der Waals surface area contributed by atoms with E-state index >= 15 is 0 Å². The lowest BCUT2D eigenvalue weighted by atomic mass is 9.74. The van der Waals surface area contributed by atoms with Crippen molar-refractivity contribution < 1.29 is 0 Å². The molecule has 3 heterocycles. The van der Waals surface area contributed by atoms with Crippen molar-refractivity contribution in [2.75, 3.05) is 0 Å². The van der Waals surface area contributed by atoms with E-state index in [1.807, 2.05) is 0 Å². The standard InChI is InChI=1S/C66H65N3/c1-63(2,3)44-18-25-57-51(34-44)52-35-45(64(4,5)6)19-26-58(52)68(57)49-23-29-61-55(38-49)56-39-50(24-30-62(56)67(61)48-22-17-42-31-40-15-13-14-16-41(40)32-43(42)33-48)69-59-27-20-46(65(7,8)9)36-53(59)54-37-47(66(10,11)12)21-28-60(54)69/h13-36,38-39,47H,37H2,1-12H3. The number of rotatable bonds is 3. The molecule has 0 saturated heterocycles.